The van der Waals surface area contributed by atoms with Crippen LogP contribution in [0.15, 0.2) is 47.4 Å². The molecule has 188 valence electrons. The van der Waals surface area contributed by atoms with Crippen molar-refractivity contribution < 1.29 is 27.5 Å². The topological polar surface area (TPSA) is 139 Å². The third-order valence-electron chi connectivity index (χ3n) is 6.77. The van der Waals surface area contributed by atoms with Crippen molar-refractivity contribution in [3.05, 3.63) is 64.4 Å². The zero-order chi connectivity index (χ0) is 25.8. The fourth-order valence-electron chi connectivity index (χ4n) is 5.11. The van der Waals surface area contributed by atoms with Crippen molar-refractivity contribution in [2.24, 2.45) is 11.1 Å². The predicted molar refractivity (Wildman–Crippen MR) is 128 cm³/mol. The Morgan fingerprint density at radius 2 is 1.83 bits per heavy atom. The number of carbonyl (C=O) groups is 2. The van der Waals surface area contributed by atoms with Gasteiger partial charge in [0.25, 0.3) is 0 Å². The number of carboxylic acids is 1. The summed E-state index contributed by atoms with van der Waals surface area (Å²) in [5.74, 6) is -2.25. The number of hydrogen-bond donors (Lipinski definition) is 4. The average molecular weight is 524 g/mol. The van der Waals surface area contributed by atoms with E-state index < -0.39 is 50.3 Å². The van der Waals surface area contributed by atoms with Crippen molar-refractivity contribution in [2.75, 3.05) is 0 Å². The second-order valence-electron chi connectivity index (χ2n) is 10.3. The maximum Gasteiger partial charge on any atom is 0.328 e. The number of benzene rings is 2. The minimum Gasteiger partial charge on any atom is -0.480 e. The lowest BCUT2D eigenvalue weighted by atomic mass is 9.39. The highest BCUT2D eigenvalue weighted by atomic mass is 35.5. The van der Waals surface area contributed by atoms with E-state index >= 15 is 0 Å². The molecular formula is C24H27ClFN3O5S. The summed E-state index contributed by atoms with van der Waals surface area (Å²) in [6.07, 6.45) is 1.00. The van der Waals surface area contributed by atoms with E-state index in [2.05, 4.69) is 10.0 Å². The molecule has 2 aromatic carbocycles. The van der Waals surface area contributed by atoms with Gasteiger partial charge in [-0.3, -0.25) is 4.79 Å². The highest BCUT2D eigenvalue weighted by Gasteiger charge is 2.73. The first-order valence-corrected chi connectivity index (χ1v) is 12.9. The van der Waals surface area contributed by atoms with E-state index in [0.717, 1.165) is 0 Å². The monoisotopic (exact) mass is 523 g/mol. The van der Waals surface area contributed by atoms with E-state index in [1.165, 1.54) is 32.0 Å². The molecule has 0 heterocycles. The number of sulfonamides is 1. The second kappa shape index (κ2) is 8.55. The van der Waals surface area contributed by atoms with E-state index in [1.54, 1.807) is 24.3 Å². The molecule has 2 aromatic rings. The minimum absolute atomic E-state index is 0.0115. The first-order valence-electron chi connectivity index (χ1n) is 11.0. The van der Waals surface area contributed by atoms with Crippen molar-refractivity contribution in [3.63, 3.8) is 0 Å². The van der Waals surface area contributed by atoms with Gasteiger partial charge < -0.3 is 16.2 Å². The number of carbonyl (C=O) groups excluding carboxylic acids is 1. The fourth-order valence-corrected chi connectivity index (χ4v) is 6.87. The number of nitrogens with two attached hydrogens (primary N) is 1. The summed E-state index contributed by atoms with van der Waals surface area (Å²) in [5.41, 5.74) is 4.23. The molecule has 3 fully saturated rings. The molecule has 1 amide bonds. The van der Waals surface area contributed by atoms with Gasteiger partial charge in [-0.15, -0.1) is 0 Å². The smallest absolute Gasteiger partial charge is 0.328 e. The van der Waals surface area contributed by atoms with Gasteiger partial charge in [-0.05, 0) is 68.9 Å². The maximum absolute atomic E-state index is 13.9. The third-order valence-corrected chi connectivity index (χ3v) is 8.76. The molecule has 0 aromatic heterocycles. The van der Waals surface area contributed by atoms with Crippen LogP contribution in [-0.2, 0) is 26.0 Å². The Bertz CT molecular complexity index is 1290. The van der Waals surface area contributed by atoms with Crippen molar-refractivity contribution in [3.8, 4) is 0 Å². The lowest BCUT2D eigenvalue weighted by Gasteiger charge is -2.69. The zero-order valence-corrected chi connectivity index (χ0v) is 20.8. The molecule has 1 atom stereocenters. The molecule has 5 N–H and O–H groups in total. The molecule has 3 aliphatic carbocycles. The molecule has 5 rings (SSSR count). The Kier molecular flexibility index (Phi) is 6.24. The van der Waals surface area contributed by atoms with Crippen molar-refractivity contribution >= 4 is 33.5 Å². The number of nitrogens with one attached hydrogen (secondary N) is 2. The first kappa shape index (κ1) is 25.6. The number of carboxylic acid groups (broad SMARTS) is 1. The maximum atomic E-state index is 13.9. The van der Waals surface area contributed by atoms with Crippen molar-refractivity contribution in [1.82, 2.24) is 10.0 Å². The van der Waals surface area contributed by atoms with Crippen LogP contribution < -0.4 is 15.8 Å². The van der Waals surface area contributed by atoms with E-state index in [-0.39, 0.29) is 35.6 Å². The van der Waals surface area contributed by atoms with Gasteiger partial charge in [-0.2, -0.15) is 0 Å². The van der Waals surface area contributed by atoms with Gasteiger partial charge in [0.15, 0.2) is 0 Å². The molecule has 11 heteroatoms. The quantitative estimate of drug-likeness (QED) is 0.398. The summed E-state index contributed by atoms with van der Waals surface area (Å²) in [6.45, 7) is 3.03. The van der Waals surface area contributed by atoms with Crippen molar-refractivity contribution in [1.29, 1.82) is 0 Å². The van der Waals surface area contributed by atoms with Gasteiger partial charge in [0.1, 0.15) is 11.9 Å². The van der Waals surface area contributed by atoms with E-state index in [4.69, 9.17) is 17.3 Å². The summed E-state index contributed by atoms with van der Waals surface area (Å²) in [6, 6.07) is 9.54. The predicted octanol–water partition coefficient (Wildman–Crippen LogP) is 2.58. The molecule has 2 bridgehead atoms. The van der Waals surface area contributed by atoms with E-state index in [1.807, 2.05) is 0 Å². The van der Waals surface area contributed by atoms with Crippen LogP contribution >= 0.6 is 11.6 Å². The summed E-state index contributed by atoms with van der Waals surface area (Å²) >= 11 is 5.74. The fraction of sp³-hybridized carbons (Fsp3) is 0.417. The molecule has 0 saturated heterocycles. The second-order valence-corrected chi connectivity index (χ2v) is 12.4. The van der Waals surface area contributed by atoms with Gasteiger partial charge in [0.05, 0.1) is 15.3 Å². The third kappa shape index (κ3) is 4.80. The number of hydrogen-bond acceptors (Lipinski definition) is 5. The van der Waals surface area contributed by atoms with Gasteiger partial charge in [0, 0.05) is 11.1 Å². The van der Waals surface area contributed by atoms with Crippen LogP contribution in [0.4, 0.5) is 4.39 Å². The summed E-state index contributed by atoms with van der Waals surface area (Å²) in [4.78, 5) is 24.4. The van der Waals surface area contributed by atoms with Gasteiger partial charge in [0.2, 0.25) is 15.9 Å². The highest BCUT2D eigenvalue weighted by Crippen LogP contribution is 2.67. The largest absolute Gasteiger partial charge is 0.480 e. The molecule has 0 unspecified atom stereocenters. The zero-order valence-electron chi connectivity index (χ0n) is 19.3. The van der Waals surface area contributed by atoms with E-state index in [9.17, 15) is 27.5 Å². The normalized spacial score (nSPS) is 24.1. The average Bonchev–Trinajstić information content (AvgIpc) is 2.69. The van der Waals surface area contributed by atoms with Crippen LogP contribution in [0, 0.1) is 11.2 Å². The van der Waals surface area contributed by atoms with Gasteiger partial charge >= 0.3 is 5.97 Å². The summed E-state index contributed by atoms with van der Waals surface area (Å²) in [7, 11) is -3.94. The first-order chi connectivity index (χ1) is 16.2. The van der Waals surface area contributed by atoms with E-state index in [0.29, 0.717) is 11.1 Å². The number of aliphatic carboxylic acids is 1. The molecule has 0 spiro atoms. The standard InChI is InChI=1S/C24H27ClFN3O5S/c1-22(2,27)19(20(30)31)28-21(32)23-11-24(12-23,13-23)29-35(33,34)18-6-4-3-5-15(18)9-14-7-8-16(25)17(26)10-14/h3-8,10,19,29H,9,11-13,27H2,1-2H3,(H,28,32)(H,30,31)/t19-,23?,24?/m0/s1. The van der Waals surface area contributed by atoms with Crippen LogP contribution in [0.5, 0.6) is 0 Å². The molecule has 0 radical (unpaired) electrons. The molecule has 3 aliphatic rings. The molecular weight excluding hydrogens is 497 g/mol. The lowest BCUT2D eigenvalue weighted by molar-refractivity contribution is -0.178. The Morgan fingerprint density at radius 3 is 2.40 bits per heavy atom. The summed E-state index contributed by atoms with van der Waals surface area (Å²) in [5, 5.41) is 11.9. The van der Waals surface area contributed by atoms with Gasteiger partial charge in [-0.25, -0.2) is 22.3 Å². The highest BCUT2D eigenvalue weighted by molar-refractivity contribution is 7.89. The number of halogens is 2. The minimum atomic E-state index is -3.94. The van der Waals surface area contributed by atoms with Crippen LogP contribution in [0.25, 0.3) is 0 Å². The SMILES string of the molecule is CC(C)(N)[C@@H](NC(=O)C12CC(NS(=O)(=O)c3ccccc3Cc3ccc(Cl)c(F)c3)(C1)C2)C(=O)O. The molecule has 8 nitrogen and oxygen atoms in total. The lowest BCUT2D eigenvalue weighted by Crippen LogP contribution is -2.79. The Labute approximate surface area is 208 Å². The number of amides is 1. The van der Waals surface area contributed by atoms with Crippen LogP contribution in [0.1, 0.15) is 44.2 Å². The Balaban J connectivity index is 1.45. The van der Waals surface area contributed by atoms with Crippen LogP contribution in [0.2, 0.25) is 5.02 Å². The summed E-state index contributed by atoms with van der Waals surface area (Å²) < 4.78 is 43.1. The van der Waals surface area contributed by atoms with Crippen molar-refractivity contribution in [2.45, 2.75) is 61.5 Å². The molecule has 0 aliphatic heterocycles. The molecule has 3 saturated carbocycles. The van der Waals surface area contributed by atoms with Gasteiger partial charge in [-0.1, -0.05) is 35.9 Å². The van der Waals surface area contributed by atoms with Crippen LogP contribution in [-0.4, -0.2) is 42.5 Å². The Hall–Kier alpha value is -2.53. The Morgan fingerprint density at radius 1 is 1.20 bits per heavy atom. The number of rotatable bonds is 9. The molecule has 35 heavy (non-hydrogen) atoms. The van der Waals surface area contributed by atoms with Crippen LogP contribution in [0.3, 0.4) is 0 Å².